The first-order chi connectivity index (χ1) is 29.1. The van der Waals surface area contributed by atoms with Crippen LogP contribution in [-0.4, -0.2) is 54.9 Å². The van der Waals surface area contributed by atoms with Crippen LogP contribution in [-0.2, 0) is 9.31 Å². The number of aromatic nitrogens is 1. The molecule has 2 heterocycles. The van der Waals surface area contributed by atoms with Crippen LogP contribution in [0.5, 0.6) is 0 Å². The van der Waals surface area contributed by atoms with Crippen LogP contribution < -0.4 is 0 Å². The van der Waals surface area contributed by atoms with Crippen molar-refractivity contribution in [2.45, 2.75) is 51.9 Å². The Hall–Kier alpha value is -5.93. The average Bonchev–Trinajstić information content (AvgIpc) is 3.79. The SMILES string of the molecule is Cc1ccc(C2=N/C(=C(/c3ccc(C)cc3)c3c(-c4ccc(C)cc4)cc(-c4ccc(C)cc4)n3B(OCC(F)(F)C(F)(F)F)OCC(F)(F)C(F)(F)F)c3ccccc32)cc1. The number of benzene rings is 5. The van der Waals surface area contributed by atoms with E-state index in [9.17, 15) is 43.9 Å². The highest BCUT2D eigenvalue weighted by Crippen LogP contribution is 2.47. The molecule has 0 unspecified atom stereocenters. The number of rotatable bonds is 12. The molecule has 6 aromatic rings. The minimum atomic E-state index is -6.19. The van der Waals surface area contributed by atoms with Gasteiger partial charge in [0.15, 0.2) is 0 Å². The maximum Gasteiger partial charge on any atom is 0.598 e. The first kappa shape index (κ1) is 44.1. The van der Waals surface area contributed by atoms with E-state index < -0.39 is 44.7 Å². The Morgan fingerprint density at radius 1 is 0.516 bits per heavy atom. The lowest BCUT2D eigenvalue weighted by Crippen LogP contribution is -2.48. The number of fused-ring (bicyclic) bond motifs is 1. The summed E-state index contributed by atoms with van der Waals surface area (Å²) < 4.78 is 153. The highest BCUT2D eigenvalue weighted by Gasteiger charge is 2.60. The minimum Gasteiger partial charge on any atom is -0.385 e. The van der Waals surface area contributed by atoms with Crippen LogP contribution in [0.2, 0.25) is 0 Å². The third-order valence-corrected chi connectivity index (χ3v) is 10.4. The van der Waals surface area contributed by atoms with Crippen LogP contribution >= 0.6 is 0 Å². The van der Waals surface area contributed by atoms with Crippen LogP contribution in [0.3, 0.4) is 0 Å². The highest BCUT2D eigenvalue weighted by atomic mass is 19.4. The van der Waals surface area contributed by atoms with Crippen molar-refractivity contribution >= 4 is 24.2 Å². The Labute approximate surface area is 351 Å². The summed E-state index contributed by atoms with van der Waals surface area (Å²) in [5, 5.41) is 0. The van der Waals surface area contributed by atoms with E-state index in [0.717, 1.165) is 26.7 Å². The Kier molecular flexibility index (Phi) is 11.9. The molecule has 0 bridgehead atoms. The van der Waals surface area contributed by atoms with Crippen LogP contribution in [0.15, 0.2) is 132 Å². The fourth-order valence-electron chi connectivity index (χ4n) is 6.97. The molecule has 0 atom stereocenters. The summed E-state index contributed by atoms with van der Waals surface area (Å²) in [5.41, 5.74) is 7.62. The third kappa shape index (κ3) is 8.87. The van der Waals surface area contributed by atoms with E-state index in [1.54, 1.807) is 97.9 Å². The van der Waals surface area contributed by atoms with Gasteiger partial charge in [0.2, 0.25) is 0 Å². The second kappa shape index (κ2) is 16.7. The second-order valence-electron chi connectivity index (χ2n) is 15.2. The van der Waals surface area contributed by atoms with Gasteiger partial charge in [-0.1, -0.05) is 144 Å². The average molecular weight is 863 g/mol. The fraction of sp³-hybridized carbons (Fsp3) is 0.213. The van der Waals surface area contributed by atoms with Gasteiger partial charge in [-0.05, 0) is 50.5 Å². The number of alkyl halides is 10. The summed E-state index contributed by atoms with van der Waals surface area (Å²) in [7, 11) is -2.75. The molecule has 5 aromatic carbocycles. The van der Waals surface area contributed by atoms with Crippen molar-refractivity contribution in [3.8, 4) is 22.4 Å². The lowest BCUT2D eigenvalue weighted by Gasteiger charge is -2.27. The van der Waals surface area contributed by atoms with Crippen LogP contribution in [0.25, 0.3) is 33.7 Å². The van der Waals surface area contributed by atoms with E-state index in [2.05, 4.69) is 0 Å². The first-order valence-electron chi connectivity index (χ1n) is 19.2. The summed E-state index contributed by atoms with van der Waals surface area (Å²) in [4.78, 5) is 5.17. The Balaban J connectivity index is 1.64. The van der Waals surface area contributed by atoms with E-state index in [4.69, 9.17) is 14.3 Å². The van der Waals surface area contributed by atoms with Gasteiger partial charge in [-0.3, -0.25) is 0 Å². The zero-order valence-corrected chi connectivity index (χ0v) is 33.6. The maximum absolute atomic E-state index is 14.8. The van der Waals surface area contributed by atoms with Crippen molar-refractivity contribution in [2.24, 2.45) is 4.99 Å². The van der Waals surface area contributed by atoms with Crippen molar-refractivity contribution in [1.82, 2.24) is 4.48 Å². The molecular formula is C47H37BF10N2O2. The van der Waals surface area contributed by atoms with Gasteiger partial charge in [0, 0.05) is 33.5 Å². The summed E-state index contributed by atoms with van der Waals surface area (Å²) >= 11 is 0. The predicted octanol–water partition coefficient (Wildman–Crippen LogP) is 13.1. The number of hydrogen-bond acceptors (Lipinski definition) is 3. The molecule has 320 valence electrons. The molecular weight excluding hydrogens is 825 g/mol. The van der Waals surface area contributed by atoms with Crippen molar-refractivity contribution in [1.29, 1.82) is 0 Å². The van der Waals surface area contributed by atoms with E-state index >= 15 is 0 Å². The van der Waals surface area contributed by atoms with E-state index in [1.165, 1.54) is 6.07 Å². The Morgan fingerprint density at radius 3 is 1.40 bits per heavy atom. The zero-order valence-electron chi connectivity index (χ0n) is 33.6. The molecule has 0 saturated heterocycles. The topological polar surface area (TPSA) is 35.8 Å². The lowest BCUT2D eigenvalue weighted by atomic mass is 9.90. The monoisotopic (exact) mass is 862 g/mol. The zero-order chi connectivity index (χ0) is 44.8. The van der Waals surface area contributed by atoms with Gasteiger partial charge < -0.3 is 13.8 Å². The van der Waals surface area contributed by atoms with Gasteiger partial charge in [0.05, 0.1) is 17.1 Å². The van der Waals surface area contributed by atoms with Gasteiger partial charge in [0.1, 0.15) is 13.2 Å². The van der Waals surface area contributed by atoms with Crippen molar-refractivity contribution in [3.05, 3.63) is 178 Å². The summed E-state index contributed by atoms with van der Waals surface area (Å²) in [5.74, 6) is -11.2. The summed E-state index contributed by atoms with van der Waals surface area (Å²) in [6.07, 6.45) is -12.4. The van der Waals surface area contributed by atoms with Crippen molar-refractivity contribution in [2.75, 3.05) is 13.2 Å². The molecule has 15 heteroatoms. The van der Waals surface area contributed by atoms with Crippen LogP contribution in [0, 0.1) is 27.7 Å². The number of halogens is 10. The molecule has 0 amide bonds. The molecule has 7 rings (SSSR count). The largest absolute Gasteiger partial charge is 0.598 e. The van der Waals surface area contributed by atoms with Gasteiger partial charge >= 0.3 is 31.5 Å². The third-order valence-electron chi connectivity index (χ3n) is 10.4. The lowest BCUT2D eigenvalue weighted by molar-refractivity contribution is -0.295. The molecule has 1 aromatic heterocycles. The normalized spacial score (nSPS) is 14.2. The van der Waals surface area contributed by atoms with E-state index in [0.29, 0.717) is 33.5 Å². The summed E-state index contributed by atoms with van der Waals surface area (Å²) in [6, 6.07) is 36.6. The number of nitrogens with zero attached hydrogens (tertiary/aromatic N) is 2. The molecule has 62 heavy (non-hydrogen) atoms. The van der Waals surface area contributed by atoms with E-state index in [-0.39, 0.29) is 33.8 Å². The van der Waals surface area contributed by atoms with Gasteiger partial charge in [-0.15, -0.1) is 0 Å². The number of aryl methyl sites for hydroxylation is 4. The molecule has 0 aliphatic carbocycles. The smallest absolute Gasteiger partial charge is 0.385 e. The van der Waals surface area contributed by atoms with Crippen LogP contribution in [0.1, 0.15) is 50.2 Å². The fourth-order valence-corrected chi connectivity index (χ4v) is 6.97. The van der Waals surface area contributed by atoms with Crippen molar-refractivity contribution < 1.29 is 53.2 Å². The predicted molar refractivity (Wildman–Crippen MR) is 220 cm³/mol. The molecule has 0 N–H and O–H groups in total. The molecule has 4 nitrogen and oxygen atoms in total. The quantitative estimate of drug-likeness (QED) is 0.0908. The number of aliphatic imine (C=N–C) groups is 1. The molecule has 1 aliphatic rings. The van der Waals surface area contributed by atoms with Crippen molar-refractivity contribution in [3.63, 3.8) is 0 Å². The standard InChI is InChI=1S/C47H37BF10N2O2/c1-28-9-17-32(18-10-28)38-25-39(33-19-11-29(2)12-20-33)60(48(61-26-44(49,50)46(53,54)55)62-27-45(51,52)47(56,57)58)43(38)40(34-21-13-30(3)14-22-34)42-37-8-6-5-7-36(37)41(59-42)35-23-15-31(4)16-24-35/h5-25H,26-27H2,1-4H3/b42-40-. The van der Waals surface area contributed by atoms with E-state index in [1.807, 2.05) is 51.1 Å². The second-order valence-corrected chi connectivity index (χ2v) is 15.2. The Morgan fingerprint density at radius 2 is 0.935 bits per heavy atom. The first-order valence-corrected chi connectivity index (χ1v) is 19.2. The van der Waals surface area contributed by atoms with Crippen LogP contribution in [0.4, 0.5) is 43.9 Å². The summed E-state index contributed by atoms with van der Waals surface area (Å²) in [6.45, 7) is 2.32. The molecule has 1 aliphatic heterocycles. The number of hydrogen-bond donors (Lipinski definition) is 0. The molecule has 0 spiro atoms. The maximum atomic E-state index is 14.8. The van der Waals surface area contributed by atoms with Gasteiger partial charge in [0.25, 0.3) is 0 Å². The highest BCUT2D eigenvalue weighted by molar-refractivity contribution is 6.44. The minimum absolute atomic E-state index is 0.0366. The molecule has 0 fully saturated rings. The van der Waals surface area contributed by atoms with Gasteiger partial charge in [-0.2, -0.15) is 43.9 Å². The van der Waals surface area contributed by atoms with Gasteiger partial charge in [-0.25, -0.2) is 4.99 Å². The molecule has 0 saturated carbocycles. The Bertz CT molecular complexity index is 2600. The molecule has 0 radical (unpaired) electrons.